The number of hydrogen-bond acceptors (Lipinski definition) is 3. The van der Waals surface area contributed by atoms with Gasteiger partial charge >= 0.3 is 0 Å². The van der Waals surface area contributed by atoms with Gasteiger partial charge < -0.3 is 5.32 Å². The van der Waals surface area contributed by atoms with Crippen LogP contribution in [0, 0.1) is 0 Å². The number of nitrogens with zero attached hydrogens (tertiary/aromatic N) is 3. The first-order valence-electron chi connectivity index (χ1n) is 5.30. The number of anilines is 1. The molecule has 0 saturated carbocycles. The second-order valence-electron chi connectivity index (χ2n) is 3.86. The van der Waals surface area contributed by atoms with E-state index < -0.39 is 0 Å². The van der Waals surface area contributed by atoms with Crippen LogP contribution in [0.2, 0.25) is 0 Å². The summed E-state index contributed by atoms with van der Waals surface area (Å²) in [4.78, 5) is 4.30. The molecule has 80 valence electrons. The summed E-state index contributed by atoms with van der Waals surface area (Å²) in [5, 5.41) is 7.72. The SMILES string of the molecule is CCNc1nccn2nc(C(C)C)cc12. The van der Waals surface area contributed by atoms with Gasteiger partial charge in [-0.25, -0.2) is 9.50 Å². The fourth-order valence-corrected chi connectivity index (χ4v) is 1.53. The highest BCUT2D eigenvalue weighted by molar-refractivity contribution is 5.67. The Balaban J connectivity index is 2.54. The highest BCUT2D eigenvalue weighted by atomic mass is 15.2. The second kappa shape index (κ2) is 3.88. The Bertz CT molecular complexity index is 459. The van der Waals surface area contributed by atoms with Gasteiger partial charge in [-0.15, -0.1) is 0 Å². The number of nitrogens with one attached hydrogen (secondary N) is 1. The van der Waals surface area contributed by atoms with Crippen LogP contribution in [-0.4, -0.2) is 21.1 Å². The van der Waals surface area contributed by atoms with Crippen LogP contribution in [-0.2, 0) is 0 Å². The molecule has 0 saturated heterocycles. The third-order valence-electron chi connectivity index (χ3n) is 2.34. The summed E-state index contributed by atoms with van der Waals surface area (Å²) < 4.78 is 1.88. The zero-order valence-corrected chi connectivity index (χ0v) is 9.36. The van der Waals surface area contributed by atoms with Gasteiger partial charge in [0.2, 0.25) is 0 Å². The molecule has 0 radical (unpaired) electrons. The van der Waals surface area contributed by atoms with E-state index >= 15 is 0 Å². The Morgan fingerprint density at radius 3 is 2.93 bits per heavy atom. The fraction of sp³-hybridized carbons (Fsp3) is 0.455. The zero-order chi connectivity index (χ0) is 10.8. The van der Waals surface area contributed by atoms with E-state index in [1.54, 1.807) is 6.20 Å². The summed E-state index contributed by atoms with van der Waals surface area (Å²) in [6, 6.07) is 2.09. The Kier molecular flexibility index (Phi) is 2.58. The molecule has 0 atom stereocenters. The van der Waals surface area contributed by atoms with Crippen molar-refractivity contribution in [2.75, 3.05) is 11.9 Å². The van der Waals surface area contributed by atoms with Gasteiger partial charge in [0.15, 0.2) is 5.82 Å². The standard InChI is InChI=1S/C11H16N4/c1-4-12-11-10-7-9(8(2)3)14-15(10)6-5-13-11/h5-8H,4H2,1-3H3,(H,12,13). The van der Waals surface area contributed by atoms with Crippen molar-refractivity contribution in [3.05, 3.63) is 24.2 Å². The zero-order valence-electron chi connectivity index (χ0n) is 9.36. The molecular formula is C11H16N4. The lowest BCUT2D eigenvalue weighted by Gasteiger charge is -2.02. The van der Waals surface area contributed by atoms with Gasteiger partial charge in [0.25, 0.3) is 0 Å². The first-order valence-corrected chi connectivity index (χ1v) is 5.30. The fourth-order valence-electron chi connectivity index (χ4n) is 1.53. The van der Waals surface area contributed by atoms with Crippen LogP contribution in [0.5, 0.6) is 0 Å². The van der Waals surface area contributed by atoms with Gasteiger partial charge in [-0.3, -0.25) is 0 Å². The third kappa shape index (κ3) is 1.79. The average Bonchev–Trinajstić information content (AvgIpc) is 2.63. The van der Waals surface area contributed by atoms with Crippen LogP contribution in [0.15, 0.2) is 18.5 Å². The molecule has 0 bridgehead atoms. The van der Waals surface area contributed by atoms with Gasteiger partial charge in [-0.05, 0) is 18.9 Å². The van der Waals surface area contributed by atoms with Crippen molar-refractivity contribution < 1.29 is 0 Å². The highest BCUT2D eigenvalue weighted by Crippen LogP contribution is 2.19. The third-order valence-corrected chi connectivity index (χ3v) is 2.34. The molecule has 15 heavy (non-hydrogen) atoms. The maximum atomic E-state index is 4.49. The Morgan fingerprint density at radius 1 is 1.47 bits per heavy atom. The molecule has 0 spiro atoms. The molecule has 2 heterocycles. The summed E-state index contributed by atoms with van der Waals surface area (Å²) in [6.45, 7) is 7.21. The summed E-state index contributed by atoms with van der Waals surface area (Å²) in [6.07, 6.45) is 3.64. The smallest absolute Gasteiger partial charge is 0.152 e. The maximum Gasteiger partial charge on any atom is 0.152 e. The van der Waals surface area contributed by atoms with E-state index in [1.807, 2.05) is 10.7 Å². The molecule has 2 aromatic heterocycles. The van der Waals surface area contributed by atoms with Crippen molar-refractivity contribution in [1.29, 1.82) is 0 Å². The first kappa shape index (κ1) is 9.96. The molecule has 2 rings (SSSR count). The molecule has 0 aliphatic carbocycles. The van der Waals surface area contributed by atoms with Gasteiger partial charge in [-0.1, -0.05) is 13.8 Å². The van der Waals surface area contributed by atoms with Gasteiger partial charge in [0.05, 0.1) is 5.69 Å². The van der Waals surface area contributed by atoms with Crippen LogP contribution in [0.3, 0.4) is 0 Å². The van der Waals surface area contributed by atoms with Crippen molar-refractivity contribution in [2.45, 2.75) is 26.7 Å². The second-order valence-corrected chi connectivity index (χ2v) is 3.86. The van der Waals surface area contributed by atoms with E-state index in [-0.39, 0.29) is 0 Å². The Hall–Kier alpha value is -1.58. The summed E-state index contributed by atoms with van der Waals surface area (Å²) in [5.41, 5.74) is 2.14. The minimum absolute atomic E-state index is 0.444. The van der Waals surface area contributed by atoms with Crippen LogP contribution >= 0.6 is 0 Å². The van der Waals surface area contributed by atoms with E-state index in [2.05, 4.69) is 42.2 Å². The molecule has 0 aliphatic rings. The van der Waals surface area contributed by atoms with Crippen molar-refractivity contribution >= 4 is 11.3 Å². The predicted octanol–water partition coefficient (Wildman–Crippen LogP) is 2.28. The number of rotatable bonds is 3. The van der Waals surface area contributed by atoms with Gasteiger partial charge in [-0.2, -0.15) is 5.10 Å². The van der Waals surface area contributed by atoms with E-state index in [1.165, 1.54) is 0 Å². The largest absolute Gasteiger partial charge is 0.369 e. The van der Waals surface area contributed by atoms with Crippen molar-refractivity contribution in [3.8, 4) is 0 Å². The monoisotopic (exact) mass is 204 g/mol. The first-order chi connectivity index (χ1) is 7.22. The molecule has 0 aromatic carbocycles. The van der Waals surface area contributed by atoms with Gasteiger partial charge in [0, 0.05) is 18.9 Å². The average molecular weight is 204 g/mol. The summed E-state index contributed by atoms with van der Waals surface area (Å²) in [7, 11) is 0. The van der Waals surface area contributed by atoms with Crippen molar-refractivity contribution in [2.24, 2.45) is 0 Å². The van der Waals surface area contributed by atoms with E-state index in [9.17, 15) is 0 Å². The topological polar surface area (TPSA) is 42.2 Å². The lowest BCUT2D eigenvalue weighted by atomic mass is 10.1. The molecular weight excluding hydrogens is 188 g/mol. The summed E-state index contributed by atoms with van der Waals surface area (Å²) >= 11 is 0. The van der Waals surface area contributed by atoms with E-state index in [0.717, 1.165) is 23.6 Å². The highest BCUT2D eigenvalue weighted by Gasteiger charge is 2.08. The molecule has 0 fully saturated rings. The Morgan fingerprint density at radius 2 is 2.27 bits per heavy atom. The van der Waals surface area contributed by atoms with Gasteiger partial charge in [0.1, 0.15) is 5.52 Å². The van der Waals surface area contributed by atoms with Crippen LogP contribution < -0.4 is 5.32 Å². The van der Waals surface area contributed by atoms with E-state index in [0.29, 0.717) is 5.92 Å². The molecule has 0 amide bonds. The van der Waals surface area contributed by atoms with Crippen LogP contribution in [0.4, 0.5) is 5.82 Å². The number of fused-ring (bicyclic) bond motifs is 1. The molecule has 0 aliphatic heterocycles. The maximum absolute atomic E-state index is 4.49. The van der Waals surface area contributed by atoms with Crippen LogP contribution in [0.1, 0.15) is 32.4 Å². The lowest BCUT2D eigenvalue weighted by molar-refractivity contribution is 0.787. The normalized spacial score (nSPS) is 11.2. The predicted molar refractivity (Wildman–Crippen MR) is 61.2 cm³/mol. The molecule has 4 heteroatoms. The van der Waals surface area contributed by atoms with Crippen LogP contribution in [0.25, 0.3) is 5.52 Å². The number of hydrogen-bond donors (Lipinski definition) is 1. The number of aromatic nitrogens is 3. The van der Waals surface area contributed by atoms with E-state index in [4.69, 9.17) is 0 Å². The summed E-state index contributed by atoms with van der Waals surface area (Å²) in [5.74, 6) is 1.35. The molecule has 2 aromatic rings. The quantitative estimate of drug-likeness (QED) is 0.834. The minimum Gasteiger partial charge on any atom is -0.369 e. The van der Waals surface area contributed by atoms with Crippen molar-refractivity contribution in [1.82, 2.24) is 14.6 Å². The molecule has 0 unspecified atom stereocenters. The lowest BCUT2D eigenvalue weighted by Crippen LogP contribution is -2.01. The molecule has 4 nitrogen and oxygen atoms in total. The molecule has 1 N–H and O–H groups in total. The minimum atomic E-state index is 0.444. The Labute approximate surface area is 89.3 Å². The van der Waals surface area contributed by atoms with Crippen molar-refractivity contribution in [3.63, 3.8) is 0 Å².